The molecule has 8 nitrogen and oxygen atoms in total. The Morgan fingerprint density at radius 2 is 1.80 bits per heavy atom. The number of carbonyl (C=O) groups excluding carboxylic acids is 1. The summed E-state index contributed by atoms with van der Waals surface area (Å²) >= 11 is 6.36. The summed E-state index contributed by atoms with van der Waals surface area (Å²) in [5.74, 6) is 0.270. The number of carbonyl (C=O) groups is 1. The summed E-state index contributed by atoms with van der Waals surface area (Å²) in [6.45, 7) is 0.373. The highest BCUT2D eigenvalue weighted by molar-refractivity contribution is 6.32. The second-order valence-electron chi connectivity index (χ2n) is 7.23. The average Bonchev–Trinajstić information content (AvgIpc) is 2.86. The van der Waals surface area contributed by atoms with E-state index in [1.807, 2.05) is 30.3 Å². The van der Waals surface area contributed by atoms with Crippen LogP contribution in [0.1, 0.15) is 5.56 Å². The molecular formula is C25H21ClFN5O3. The van der Waals surface area contributed by atoms with E-state index in [4.69, 9.17) is 21.1 Å². The minimum Gasteiger partial charge on any atom is -0.487 e. The number of halogens is 2. The van der Waals surface area contributed by atoms with E-state index in [1.54, 1.807) is 42.5 Å². The number of rotatable bonds is 8. The van der Waals surface area contributed by atoms with Gasteiger partial charge >= 0.3 is 6.09 Å². The fraction of sp³-hybridized carbons (Fsp3) is 0.0800. The molecule has 0 radical (unpaired) electrons. The second kappa shape index (κ2) is 11.2. The first-order valence-corrected chi connectivity index (χ1v) is 10.9. The smallest absolute Gasteiger partial charge is 0.412 e. The van der Waals surface area contributed by atoms with Gasteiger partial charge in [0.1, 0.15) is 18.1 Å². The van der Waals surface area contributed by atoms with Crippen molar-refractivity contribution in [2.24, 2.45) is 0 Å². The summed E-state index contributed by atoms with van der Waals surface area (Å²) in [4.78, 5) is 19.6. The molecule has 35 heavy (non-hydrogen) atoms. The van der Waals surface area contributed by atoms with E-state index < -0.39 is 11.9 Å². The van der Waals surface area contributed by atoms with Gasteiger partial charge in [-0.25, -0.2) is 14.2 Å². The molecule has 0 aliphatic rings. The van der Waals surface area contributed by atoms with Gasteiger partial charge in [-0.2, -0.15) is 4.98 Å². The fourth-order valence-corrected chi connectivity index (χ4v) is 3.24. The Hall–Kier alpha value is -4.37. The third-order valence-corrected chi connectivity index (χ3v) is 4.98. The number of anilines is 4. The molecule has 4 rings (SSSR count). The maximum absolute atomic E-state index is 14.4. The normalized spacial score (nSPS) is 10.4. The highest BCUT2D eigenvalue weighted by Gasteiger charge is 2.11. The van der Waals surface area contributed by atoms with E-state index in [2.05, 4.69) is 25.9 Å². The fourth-order valence-electron chi connectivity index (χ4n) is 3.01. The van der Waals surface area contributed by atoms with Gasteiger partial charge in [0.25, 0.3) is 0 Å². The number of hydrogen-bond donors (Lipinski definition) is 3. The Kier molecular flexibility index (Phi) is 7.59. The molecule has 0 aliphatic carbocycles. The number of nitrogens with zero attached hydrogens (tertiary/aromatic N) is 2. The Bertz CT molecular complexity index is 1320. The Labute approximate surface area is 206 Å². The van der Waals surface area contributed by atoms with Crippen molar-refractivity contribution in [2.45, 2.75) is 6.61 Å². The van der Waals surface area contributed by atoms with E-state index in [0.29, 0.717) is 34.5 Å². The predicted molar refractivity (Wildman–Crippen MR) is 132 cm³/mol. The largest absolute Gasteiger partial charge is 0.487 e. The van der Waals surface area contributed by atoms with E-state index in [1.165, 1.54) is 7.05 Å². The molecule has 0 saturated heterocycles. The van der Waals surface area contributed by atoms with Crippen LogP contribution in [0.15, 0.2) is 79.0 Å². The predicted octanol–water partition coefficient (Wildman–Crippen LogP) is 6.05. The molecule has 4 aromatic rings. The lowest BCUT2D eigenvalue weighted by Gasteiger charge is -2.12. The van der Waals surface area contributed by atoms with Crippen molar-refractivity contribution in [3.05, 3.63) is 95.4 Å². The summed E-state index contributed by atoms with van der Waals surface area (Å²) in [6, 6.07) is 21.4. The lowest BCUT2D eigenvalue weighted by molar-refractivity contribution is 0.203. The molecular weight excluding hydrogens is 473 g/mol. The maximum Gasteiger partial charge on any atom is 0.412 e. The number of ether oxygens (including phenoxy) is 2. The zero-order valence-corrected chi connectivity index (χ0v) is 19.3. The van der Waals surface area contributed by atoms with Gasteiger partial charge in [0, 0.05) is 24.5 Å². The van der Waals surface area contributed by atoms with Crippen molar-refractivity contribution in [1.29, 1.82) is 0 Å². The Balaban J connectivity index is 1.44. The van der Waals surface area contributed by atoms with Crippen LogP contribution in [-0.2, 0) is 6.61 Å². The van der Waals surface area contributed by atoms with Gasteiger partial charge in [0.2, 0.25) is 5.95 Å². The monoisotopic (exact) mass is 493 g/mol. The van der Waals surface area contributed by atoms with Crippen LogP contribution in [0.5, 0.6) is 11.5 Å². The lowest BCUT2D eigenvalue weighted by atomic mass is 10.2. The van der Waals surface area contributed by atoms with Crippen LogP contribution in [0, 0.1) is 5.82 Å². The van der Waals surface area contributed by atoms with Crippen molar-refractivity contribution >= 4 is 40.8 Å². The molecule has 3 aromatic carbocycles. The SMILES string of the molecule is CNC(=O)Oc1cccc(Nc2ncc(F)c(Nc3ccc(OCc4ccccc4)c(Cl)c3)n2)c1. The van der Waals surface area contributed by atoms with Crippen LogP contribution in [0.2, 0.25) is 5.02 Å². The van der Waals surface area contributed by atoms with Gasteiger partial charge in [-0.15, -0.1) is 0 Å². The van der Waals surface area contributed by atoms with Crippen molar-refractivity contribution in [1.82, 2.24) is 15.3 Å². The van der Waals surface area contributed by atoms with Crippen LogP contribution >= 0.6 is 11.6 Å². The topological polar surface area (TPSA) is 97.4 Å². The molecule has 0 atom stereocenters. The molecule has 0 unspecified atom stereocenters. The first-order valence-electron chi connectivity index (χ1n) is 10.5. The number of benzene rings is 3. The Morgan fingerprint density at radius 1 is 1.00 bits per heavy atom. The molecule has 1 amide bonds. The summed E-state index contributed by atoms with van der Waals surface area (Å²) in [5, 5.41) is 8.59. The minimum absolute atomic E-state index is 0.0470. The first kappa shape index (κ1) is 23.8. The highest BCUT2D eigenvalue weighted by Crippen LogP contribution is 2.30. The van der Waals surface area contributed by atoms with Crippen LogP contribution in [0.25, 0.3) is 0 Å². The molecule has 0 aliphatic heterocycles. The van der Waals surface area contributed by atoms with Crippen molar-refractivity contribution < 1.29 is 18.7 Å². The van der Waals surface area contributed by atoms with E-state index in [0.717, 1.165) is 11.8 Å². The second-order valence-corrected chi connectivity index (χ2v) is 7.63. The van der Waals surface area contributed by atoms with Gasteiger partial charge in [-0.3, -0.25) is 0 Å². The molecule has 1 heterocycles. The quantitative estimate of drug-likeness (QED) is 0.275. The summed E-state index contributed by atoms with van der Waals surface area (Å²) < 4.78 is 25.3. The standard InChI is InChI=1S/C25H21ClFN5O3/c1-28-25(33)35-19-9-5-8-17(12-19)31-24-29-14-21(27)23(32-24)30-18-10-11-22(20(26)13-18)34-15-16-6-3-2-4-7-16/h2-14H,15H2,1H3,(H,28,33)(H2,29,30,31,32). The van der Waals surface area contributed by atoms with Gasteiger partial charge in [0.05, 0.1) is 11.2 Å². The average molecular weight is 494 g/mol. The number of aromatic nitrogens is 2. The maximum atomic E-state index is 14.4. The molecule has 0 fully saturated rings. The zero-order chi connectivity index (χ0) is 24.6. The third kappa shape index (κ3) is 6.58. The number of nitrogens with one attached hydrogen (secondary N) is 3. The summed E-state index contributed by atoms with van der Waals surface area (Å²) in [7, 11) is 1.46. The van der Waals surface area contributed by atoms with Crippen molar-refractivity contribution in [3.8, 4) is 11.5 Å². The van der Waals surface area contributed by atoms with Gasteiger partial charge in [0.15, 0.2) is 11.6 Å². The molecule has 1 aromatic heterocycles. The van der Waals surface area contributed by atoms with Crippen molar-refractivity contribution in [2.75, 3.05) is 17.7 Å². The summed E-state index contributed by atoms with van der Waals surface area (Å²) in [6.07, 6.45) is 0.448. The first-order chi connectivity index (χ1) is 17.0. The third-order valence-electron chi connectivity index (χ3n) is 4.68. The summed E-state index contributed by atoms with van der Waals surface area (Å²) in [5.41, 5.74) is 2.08. The zero-order valence-electron chi connectivity index (χ0n) is 18.6. The van der Waals surface area contributed by atoms with Crippen LogP contribution in [0.4, 0.5) is 32.3 Å². The molecule has 0 spiro atoms. The van der Waals surface area contributed by atoms with Crippen LogP contribution in [0.3, 0.4) is 0 Å². The highest BCUT2D eigenvalue weighted by atomic mass is 35.5. The van der Waals surface area contributed by atoms with E-state index >= 15 is 0 Å². The van der Waals surface area contributed by atoms with Crippen LogP contribution in [-0.4, -0.2) is 23.1 Å². The lowest BCUT2D eigenvalue weighted by Crippen LogP contribution is -2.22. The minimum atomic E-state index is -0.646. The van der Waals surface area contributed by atoms with E-state index in [9.17, 15) is 9.18 Å². The Morgan fingerprint density at radius 3 is 2.57 bits per heavy atom. The van der Waals surface area contributed by atoms with Crippen molar-refractivity contribution in [3.63, 3.8) is 0 Å². The molecule has 178 valence electrons. The van der Waals surface area contributed by atoms with Gasteiger partial charge in [-0.05, 0) is 35.9 Å². The molecule has 10 heteroatoms. The molecule has 3 N–H and O–H groups in total. The molecule has 0 bridgehead atoms. The molecule has 0 saturated carbocycles. The number of amides is 1. The van der Waals surface area contributed by atoms with Gasteiger partial charge < -0.3 is 25.4 Å². The van der Waals surface area contributed by atoms with Gasteiger partial charge in [-0.1, -0.05) is 48.0 Å². The number of hydrogen-bond acceptors (Lipinski definition) is 7. The van der Waals surface area contributed by atoms with E-state index in [-0.39, 0.29) is 11.8 Å². The van der Waals surface area contributed by atoms with Crippen LogP contribution < -0.4 is 25.4 Å².